The first kappa shape index (κ1) is 16.9. The second-order valence-corrected chi connectivity index (χ2v) is 7.88. The minimum absolute atomic E-state index is 0.0278. The molecule has 1 amide bonds. The van der Waals surface area contributed by atoms with Crippen molar-refractivity contribution in [2.24, 2.45) is 0 Å². The Balaban J connectivity index is 1.66. The van der Waals surface area contributed by atoms with E-state index < -0.39 is 10.0 Å². The first-order valence-electron chi connectivity index (χ1n) is 7.52. The molecule has 2 heterocycles. The summed E-state index contributed by atoms with van der Waals surface area (Å²) in [6.45, 7) is 1.00. The summed E-state index contributed by atoms with van der Waals surface area (Å²) in [5.41, 5.74) is 0.581. The molecule has 24 heavy (non-hydrogen) atoms. The van der Waals surface area contributed by atoms with Crippen molar-refractivity contribution in [3.05, 3.63) is 41.8 Å². The van der Waals surface area contributed by atoms with Gasteiger partial charge in [0, 0.05) is 30.0 Å². The molecule has 0 saturated carbocycles. The molecule has 1 aliphatic heterocycles. The van der Waals surface area contributed by atoms with Crippen LogP contribution in [0.25, 0.3) is 0 Å². The first-order valence-corrected chi connectivity index (χ1v) is 9.34. The maximum Gasteiger partial charge on any atom is 0.262 e. The predicted octanol–water partition coefficient (Wildman–Crippen LogP) is 1.96. The number of benzene rings is 1. The summed E-state index contributed by atoms with van der Waals surface area (Å²) in [5, 5.41) is 3.20. The summed E-state index contributed by atoms with van der Waals surface area (Å²) >= 11 is 5.87. The zero-order valence-corrected chi connectivity index (χ0v) is 14.4. The number of hydrogen-bond acceptors (Lipinski definition) is 4. The molecule has 1 aliphatic rings. The Morgan fingerprint density at radius 3 is 2.75 bits per heavy atom. The van der Waals surface area contributed by atoms with Crippen LogP contribution in [0.1, 0.15) is 12.8 Å². The van der Waals surface area contributed by atoms with Crippen LogP contribution in [-0.2, 0) is 21.4 Å². The highest BCUT2D eigenvalue weighted by Crippen LogP contribution is 2.19. The molecule has 2 aromatic rings. The van der Waals surface area contributed by atoms with Crippen LogP contribution < -0.4 is 5.32 Å². The van der Waals surface area contributed by atoms with Crippen LogP contribution in [0.4, 0.5) is 5.69 Å². The smallest absolute Gasteiger partial charge is 0.262 e. The maximum atomic E-state index is 12.4. The Bertz CT molecular complexity index is 844. The average molecular weight is 369 g/mol. The number of imidazole rings is 1. The van der Waals surface area contributed by atoms with E-state index in [9.17, 15) is 13.2 Å². The largest absolute Gasteiger partial charge is 0.327 e. The number of halogens is 1. The molecule has 1 fully saturated rings. The van der Waals surface area contributed by atoms with Gasteiger partial charge in [-0.25, -0.2) is 13.4 Å². The monoisotopic (exact) mass is 368 g/mol. The predicted molar refractivity (Wildman–Crippen MR) is 90.3 cm³/mol. The highest BCUT2D eigenvalue weighted by atomic mass is 35.5. The van der Waals surface area contributed by atoms with Crippen molar-refractivity contribution in [2.45, 2.75) is 24.4 Å². The molecule has 3 rings (SSSR count). The van der Waals surface area contributed by atoms with Crippen molar-refractivity contribution < 1.29 is 13.2 Å². The van der Waals surface area contributed by atoms with Gasteiger partial charge in [-0.15, -0.1) is 0 Å². The fourth-order valence-electron chi connectivity index (χ4n) is 2.55. The van der Waals surface area contributed by atoms with E-state index in [1.54, 1.807) is 24.3 Å². The SMILES string of the molecule is O=C(Cn1cnc(S(=O)(=O)N2CCCC2)c1)Nc1cccc(Cl)c1. The van der Waals surface area contributed by atoms with Gasteiger partial charge < -0.3 is 9.88 Å². The van der Waals surface area contributed by atoms with Gasteiger partial charge in [0.05, 0.1) is 6.33 Å². The normalized spacial score (nSPS) is 15.5. The minimum Gasteiger partial charge on any atom is -0.327 e. The number of nitrogens with zero attached hydrogens (tertiary/aromatic N) is 3. The fraction of sp³-hybridized carbons (Fsp3) is 0.333. The summed E-state index contributed by atoms with van der Waals surface area (Å²) in [4.78, 5) is 16.0. The van der Waals surface area contributed by atoms with Crippen LogP contribution in [0, 0.1) is 0 Å². The Morgan fingerprint density at radius 1 is 1.29 bits per heavy atom. The minimum atomic E-state index is -3.57. The van der Waals surface area contributed by atoms with Gasteiger partial charge in [-0.1, -0.05) is 17.7 Å². The number of anilines is 1. The molecule has 0 atom stereocenters. The Kier molecular flexibility index (Phi) is 4.88. The highest BCUT2D eigenvalue weighted by molar-refractivity contribution is 7.89. The van der Waals surface area contributed by atoms with E-state index >= 15 is 0 Å². The van der Waals surface area contributed by atoms with Crippen molar-refractivity contribution in [3.8, 4) is 0 Å². The van der Waals surface area contributed by atoms with Crippen molar-refractivity contribution in [1.82, 2.24) is 13.9 Å². The maximum absolute atomic E-state index is 12.4. The van der Waals surface area contributed by atoms with Gasteiger partial charge in [-0.3, -0.25) is 4.79 Å². The molecule has 0 spiro atoms. The van der Waals surface area contributed by atoms with Crippen LogP contribution in [0.5, 0.6) is 0 Å². The van der Waals surface area contributed by atoms with Crippen LogP contribution in [-0.4, -0.2) is 41.3 Å². The topological polar surface area (TPSA) is 84.3 Å². The highest BCUT2D eigenvalue weighted by Gasteiger charge is 2.29. The number of hydrogen-bond donors (Lipinski definition) is 1. The zero-order valence-electron chi connectivity index (χ0n) is 12.9. The summed E-state index contributed by atoms with van der Waals surface area (Å²) in [5.74, 6) is -0.292. The van der Waals surface area contributed by atoms with E-state index in [-0.39, 0.29) is 17.5 Å². The average Bonchev–Trinajstić information content (AvgIpc) is 3.18. The number of nitrogens with one attached hydrogen (secondary N) is 1. The lowest BCUT2D eigenvalue weighted by Gasteiger charge is -2.12. The number of carbonyl (C=O) groups is 1. The molecule has 128 valence electrons. The zero-order chi connectivity index (χ0) is 17.2. The van der Waals surface area contributed by atoms with Crippen molar-refractivity contribution in [3.63, 3.8) is 0 Å². The quantitative estimate of drug-likeness (QED) is 0.874. The van der Waals surface area contributed by atoms with Crippen LogP contribution >= 0.6 is 11.6 Å². The Labute approximate surface area is 145 Å². The molecule has 0 bridgehead atoms. The summed E-state index contributed by atoms with van der Waals surface area (Å²) in [7, 11) is -3.57. The van der Waals surface area contributed by atoms with Gasteiger partial charge in [0.25, 0.3) is 10.0 Å². The van der Waals surface area contributed by atoms with E-state index in [4.69, 9.17) is 11.6 Å². The van der Waals surface area contributed by atoms with Gasteiger partial charge in [0.2, 0.25) is 5.91 Å². The Hall–Kier alpha value is -1.90. The van der Waals surface area contributed by atoms with Gasteiger partial charge in [0.15, 0.2) is 5.03 Å². The number of aromatic nitrogens is 2. The molecular formula is C15H17ClN4O3S. The van der Waals surface area contributed by atoms with Crippen LogP contribution in [0.3, 0.4) is 0 Å². The number of amides is 1. The Morgan fingerprint density at radius 2 is 2.04 bits per heavy atom. The second kappa shape index (κ2) is 6.92. The van der Waals surface area contributed by atoms with E-state index in [0.29, 0.717) is 23.8 Å². The lowest BCUT2D eigenvalue weighted by atomic mass is 10.3. The summed E-state index contributed by atoms with van der Waals surface area (Å²) in [6, 6.07) is 6.80. The van der Waals surface area contributed by atoms with E-state index in [2.05, 4.69) is 10.3 Å². The number of carbonyl (C=O) groups excluding carboxylic acids is 1. The lowest BCUT2D eigenvalue weighted by Crippen LogP contribution is -2.28. The molecule has 1 N–H and O–H groups in total. The van der Waals surface area contributed by atoms with E-state index in [1.165, 1.54) is 21.4 Å². The first-order chi connectivity index (χ1) is 11.4. The van der Waals surface area contributed by atoms with Crippen molar-refractivity contribution in [1.29, 1.82) is 0 Å². The van der Waals surface area contributed by atoms with E-state index in [1.807, 2.05) is 0 Å². The standard InChI is InChI=1S/C15H17ClN4O3S/c16-12-4-3-5-13(8-12)18-14(21)9-19-10-15(17-11-19)24(22,23)20-6-1-2-7-20/h3-5,8,10-11H,1-2,6-7,9H2,(H,18,21). The van der Waals surface area contributed by atoms with Gasteiger partial charge in [-0.05, 0) is 31.0 Å². The lowest BCUT2D eigenvalue weighted by molar-refractivity contribution is -0.116. The number of rotatable bonds is 5. The number of sulfonamides is 1. The van der Waals surface area contributed by atoms with Gasteiger partial charge in [-0.2, -0.15) is 4.31 Å². The molecule has 0 radical (unpaired) electrons. The fourth-order valence-corrected chi connectivity index (χ4v) is 4.20. The molecule has 7 nitrogen and oxygen atoms in total. The third kappa shape index (κ3) is 3.77. The summed E-state index contributed by atoms with van der Waals surface area (Å²) < 4.78 is 27.7. The molecule has 0 unspecified atom stereocenters. The summed E-state index contributed by atoms with van der Waals surface area (Å²) in [6.07, 6.45) is 4.45. The molecule has 1 aromatic heterocycles. The van der Waals surface area contributed by atoms with Gasteiger partial charge in [0.1, 0.15) is 6.54 Å². The van der Waals surface area contributed by atoms with Crippen molar-refractivity contribution in [2.75, 3.05) is 18.4 Å². The van der Waals surface area contributed by atoms with Crippen molar-refractivity contribution >= 4 is 33.2 Å². The third-order valence-corrected chi connectivity index (χ3v) is 5.73. The van der Waals surface area contributed by atoms with Crippen LogP contribution in [0.15, 0.2) is 41.8 Å². The second-order valence-electron chi connectivity index (χ2n) is 5.55. The van der Waals surface area contributed by atoms with Crippen LogP contribution in [0.2, 0.25) is 5.02 Å². The molecule has 0 aliphatic carbocycles. The van der Waals surface area contributed by atoms with E-state index in [0.717, 1.165) is 12.8 Å². The molecule has 1 saturated heterocycles. The molecule has 1 aromatic carbocycles. The van der Waals surface area contributed by atoms with Gasteiger partial charge >= 0.3 is 0 Å². The third-order valence-electron chi connectivity index (χ3n) is 3.71. The molecule has 9 heteroatoms. The molecular weight excluding hydrogens is 352 g/mol.